The van der Waals surface area contributed by atoms with Gasteiger partial charge in [0.05, 0.1) is 19.5 Å². The first-order valence-corrected chi connectivity index (χ1v) is 5.14. The normalized spacial score (nSPS) is 13.4. The van der Waals surface area contributed by atoms with E-state index in [9.17, 15) is 4.79 Å². The van der Waals surface area contributed by atoms with Crippen LogP contribution in [0.4, 0.5) is 4.79 Å². The van der Waals surface area contributed by atoms with Crippen molar-refractivity contribution < 1.29 is 39.8 Å². The zero-order chi connectivity index (χ0) is 14.4. The summed E-state index contributed by atoms with van der Waals surface area (Å²) in [7, 11) is 0. The number of aliphatic hydroxyl groups is 5. The van der Waals surface area contributed by atoms with Crippen molar-refractivity contribution in [3.8, 4) is 0 Å². The average molecular weight is 268 g/mol. The minimum absolute atomic E-state index is 0.384. The number of allylic oxidation sites excluding steroid dienone is 1. The van der Waals surface area contributed by atoms with Crippen LogP contribution in [0.5, 0.6) is 0 Å². The standard InChI is InChI=1S/C7H14O7.C3H6O/c8-1-5(10)3-13-7(12)14-4-6(11)2-9;1-2-3-4/h5-6,8-11H,1-4H2;2-4H,1H3. The fourth-order valence-corrected chi connectivity index (χ4v) is 0.476. The van der Waals surface area contributed by atoms with Gasteiger partial charge < -0.3 is 35.0 Å². The van der Waals surface area contributed by atoms with E-state index in [1.54, 1.807) is 13.0 Å². The molecule has 0 aromatic carbocycles. The first kappa shape index (κ1) is 19.0. The van der Waals surface area contributed by atoms with E-state index in [2.05, 4.69) is 9.47 Å². The molecule has 18 heavy (non-hydrogen) atoms. The van der Waals surface area contributed by atoms with Crippen molar-refractivity contribution in [2.45, 2.75) is 19.1 Å². The second-order valence-corrected chi connectivity index (χ2v) is 3.03. The van der Waals surface area contributed by atoms with Gasteiger partial charge in [0.15, 0.2) is 0 Å². The molecule has 2 unspecified atom stereocenters. The van der Waals surface area contributed by atoms with Gasteiger partial charge in [-0.3, -0.25) is 0 Å². The van der Waals surface area contributed by atoms with Gasteiger partial charge in [-0.25, -0.2) is 4.79 Å². The molecule has 0 bridgehead atoms. The number of carbonyl (C=O) groups excluding carboxylic acids is 1. The van der Waals surface area contributed by atoms with Crippen molar-refractivity contribution in [3.05, 3.63) is 12.3 Å². The largest absolute Gasteiger partial charge is 0.516 e. The van der Waals surface area contributed by atoms with Crippen molar-refractivity contribution >= 4 is 6.16 Å². The Balaban J connectivity index is 0. The molecule has 0 rings (SSSR count). The molecule has 0 aromatic rings. The van der Waals surface area contributed by atoms with E-state index in [1.165, 1.54) is 0 Å². The third-order valence-corrected chi connectivity index (χ3v) is 1.36. The van der Waals surface area contributed by atoms with Crippen LogP contribution in [0.2, 0.25) is 0 Å². The Morgan fingerprint density at radius 1 is 1.11 bits per heavy atom. The van der Waals surface area contributed by atoms with Gasteiger partial charge in [-0.1, -0.05) is 6.08 Å². The molecule has 0 saturated carbocycles. The summed E-state index contributed by atoms with van der Waals surface area (Å²) in [6, 6.07) is 0. The van der Waals surface area contributed by atoms with E-state index in [1.807, 2.05) is 0 Å². The smallest absolute Gasteiger partial charge is 0.508 e. The lowest BCUT2D eigenvalue weighted by Crippen LogP contribution is -2.25. The van der Waals surface area contributed by atoms with Gasteiger partial charge in [0.25, 0.3) is 0 Å². The highest BCUT2D eigenvalue weighted by atomic mass is 16.7. The number of hydrogen-bond acceptors (Lipinski definition) is 8. The first-order valence-electron chi connectivity index (χ1n) is 5.14. The van der Waals surface area contributed by atoms with E-state index < -0.39 is 31.6 Å². The third-order valence-electron chi connectivity index (χ3n) is 1.36. The lowest BCUT2D eigenvalue weighted by Gasteiger charge is -2.10. The molecule has 0 amide bonds. The molecule has 0 saturated heterocycles. The van der Waals surface area contributed by atoms with E-state index >= 15 is 0 Å². The van der Waals surface area contributed by atoms with Crippen LogP contribution in [0.25, 0.3) is 0 Å². The molecular weight excluding hydrogens is 248 g/mol. The van der Waals surface area contributed by atoms with Gasteiger partial charge in [0, 0.05) is 0 Å². The Morgan fingerprint density at radius 3 is 1.67 bits per heavy atom. The fraction of sp³-hybridized carbons (Fsp3) is 0.700. The molecule has 5 N–H and O–H groups in total. The Hall–Kier alpha value is -1.35. The number of rotatable bonds is 6. The van der Waals surface area contributed by atoms with Crippen LogP contribution < -0.4 is 0 Å². The molecule has 2 atom stereocenters. The topological polar surface area (TPSA) is 137 Å². The maximum atomic E-state index is 10.7. The van der Waals surface area contributed by atoms with Crippen LogP contribution in [-0.4, -0.2) is 70.3 Å². The number of carbonyl (C=O) groups is 1. The van der Waals surface area contributed by atoms with Gasteiger partial charge in [0.1, 0.15) is 25.4 Å². The minimum Gasteiger partial charge on any atom is -0.516 e. The highest BCUT2D eigenvalue weighted by molar-refractivity contribution is 5.59. The SMILES string of the molecule is CC=CO.O=C(OCC(O)CO)OCC(O)CO. The Labute approximate surface area is 105 Å². The summed E-state index contributed by atoms with van der Waals surface area (Å²) in [5, 5.41) is 41.9. The molecule has 108 valence electrons. The van der Waals surface area contributed by atoms with Gasteiger partial charge in [-0.2, -0.15) is 0 Å². The first-order chi connectivity index (χ1) is 8.51. The molecule has 0 aliphatic carbocycles. The van der Waals surface area contributed by atoms with Crippen molar-refractivity contribution in [2.75, 3.05) is 26.4 Å². The second kappa shape index (κ2) is 13.7. The fourth-order valence-electron chi connectivity index (χ4n) is 0.476. The predicted molar refractivity (Wildman–Crippen MR) is 60.9 cm³/mol. The summed E-state index contributed by atoms with van der Waals surface area (Å²) in [5.74, 6) is 0. The molecule has 0 fully saturated rings. The number of aliphatic hydroxyl groups excluding tert-OH is 5. The summed E-state index contributed by atoms with van der Waals surface area (Å²) in [6.45, 7) is -0.0613. The van der Waals surface area contributed by atoms with Crippen molar-refractivity contribution in [2.24, 2.45) is 0 Å². The monoisotopic (exact) mass is 268 g/mol. The molecule has 0 heterocycles. The Morgan fingerprint density at radius 2 is 1.44 bits per heavy atom. The van der Waals surface area contributed by atoms with Crippen LogP contribution in [0, 0.1) is 0 Å². The summed E-state index contributed by atoms with van der Waals surface area (Å²) >= 11 is 0. The molecule has 0 spiro atoms. The van der Waals surface area contributed by atoms with Crippen LogP contribution in [0.15, 0.2) is 12.3 Å². The Kier molecular flexibility index (Phi) is 14.5. The van der Waals surface area contributed by atoms with E-state index in [0.29, 0.717) is 0 Å². The molecule has 0 aliphatic heterocycles. The number of ether oxygens (including phenoxy) is 2. The van der Waals surface area contributed by atoms with Crippen molar-refractivity contribution in [1.82, 2.24) is 0 Å². The maximum Gasteiger partial charge on any atom is 0.508 e. The lowest BCUT2D eigenvalue weighted by atomic mass is 10.4. The summed E-state index contributed by atoms with van der Waals surface area (Å²) in [6.07, 6.45) is -0.819. The van der Waals surface area contributed by atoms with Crippen LogP contribution >= 0.6 is 0 Å². The Bertz CT molecular complexity index is 198. The lowest BCUT2D eigenvalue weighted by molar-refractivity contribution is -0.0215. The van der Waals surface area contributed by atoms with Gasteiger partial charge >= 0.3 is 6.16 Å². The van der Waals surface area contributed by atoms with Crippen molar-refractivity contribution in [1.29, 1.82) is 0 Å². The summed E-state index contributed by atoms with van der Waals surface area (Å²) in [4.78, 5) is 10.7. The maximum absolute atomic E-state index is 10.7. The van der Waals surface area contributed by atoms with E-state index in [0.717, 1.165) is 6.26 Å². The molecule has 8 heteroatoms. The van der Waals surface area contributed by atoms with E-state index in [-0.39, 0.29) is 13.2 Å². The second-order valence-electron chi connectivity index (χ2n) is 3.03. The zero-order valence-electron chi connectivity index (χ0n) is 10.1. The number of hydrogen-bond donors (Lipinski definition) is 5. The van der Waals surface area contributed by atoms with Gasteiger partial charge in [-0.05, 0) is 6.92 Å². The van der Waals surface area contributed by atoms with Crippen LogP contribution in [0.1, 0.15) is 6.92 Å². The third kappa shape index (κ3) is 14.6. The minimum atomic E-state index is -1.15. The summed E-state index contributed by atoms with van der Waals surface area (Å²) in [5.41, 5.74) is 0. The molecule has 0 radical (unpaired) electrons. The zero-order valence-corrected chi connectivity index (χ0v) is 10.1. The highest BCUT2D eigenvalue weighted by Gasteiger charge is 2.10. The molecule has 8 nitrogen and oxygen atoms in total. The van der Waals surface area contributed by atoms with Crippen LogP contribution in [0.3, 0.4) is 0 Å². The van der Waals surface area contributed by atoms with Crippen molar-refractivity contribution in [3.63, 3.8) is 0 Å². The van der Waals surface area contributed by atoms with Gasteiger partial charge in [0.2, 0.25) is 0 Å². The molecule has 0 aliphatic rings. The average Bonchev–Trinajstić information content (AvgIpc) is 2.41. The quantitative estimate of drug-likeness (QED) is 0.303. The molecule has 0 aromatic heterocycles. The van der Waals surface area contributed by atoms with Gasteiger partial charge in [-0.15, -0.1) is 0 Å². The van der Waals surface area contributed by atoms with E-state index in [4.69, 9.17) is 25.5 Å². The summed E-state index contributed by atoms with van der Waals surface area (Å²) < 4.78 is 8.65. The predicted octanol–water partition coefficient (Wildman–Crippen LogP) is -1.08. The van der Waals surface area contributed by atoms with Crippen LogP contribution in [-0.2, 0) is 9.47 Å². The highest BCUT2D eigenvalue weighted by Crippen LogP contribution is 1.91. The molecular formula is C10H20O8.